The van der Waals surface area contributed by atoms with Gasteiger partial charge < -0.3 is 9.53 Å². The fourth-order valence-corrected chi connectivity index (χ4v) is 8.17. The van der Waals surface area contributed by atoms with Crippen LogP contribution in [0.15, 0.2) is 60.7 Å². The molecule has 0 radical (unpaired) electrons. The zero-order valence-electron chi connectivity index (χ0n) is 16.4. The highest BCUT2D eigenvalue weighted by Crippen LogP contribution is 2.36. The van der Waals surface area contributed by atoms with Crippen LogP contribution in [0.4, 0.5) is 0 Å². The molecule has 0 saturated carbocycles. The molecule has 2 aromatic rings. The summed E-state index contributed by atoms with van der Waals surface area (Å²) in [7, 11) is -2.69. The SMILES string of the molecule is CC(=O)C(CCO[Si](c1ccccc1)(c1ccccc1)C(C)(C)C)C(=O)O. The van der Waals surface area contributed by atoms with E-state index in [9.17, 15) is 14.7 Å². The standard InChI is InChI=1S/C22H28O4Si/c1-17(23)20(21(24)25)15-16-26-27(22(2,3)4,18-11-7-5-8-12-18)19-13-9-6-10-14-19/h5-14,20H,15-16H2,1-4H3,(H,24,25). The molecule has 0 bridgehead atoms. The monoisotopic (exact) mass is 384 g/mol. The molecule has 5 heteroatoms. The third-order valence-corrected chi connectivity index (χ3v) is 9.97. The van der Waals surface area contributed by atoms with Crippen molar-refractivity contribution in [1.29, 1.82) is 0 Å². The number of rotatable bonds is 8. The Kier molecular flexibility index (Phi) is 6.73. The number of Topliss-reactive ketones (excluding diaryl/α,β-unsaturated/α-hetero) is 1. The molecule has 4 nitrogen and oxygen atoms in total. The molecule has 2 aromatic carbocycles. The van der Waals surface area contributed by atoms with Gasteiger partial charge in [-0.2, -0.15) is 0 Å². The van der Waals surface area contributed by atoms with Gasteiger partial charge in [-0.1, -0.05) is 81.4 Å². The van der Waals surface area contributed by atoms with Gasteiger partial charge in [-0.3, -0.25) is 9.59 Å². The Morgan fingerprint density at radius 1 is 0.963 bits per heavy atom. The highest BCUT2D eigenvalue weighted by atomic mass is 28.4. The number of carboxylic acid groups (broad SMARTS) is 1. The largest absolute Gasteiger partial charge is 0.481 e. The summed E-state index contributed by atoms with van der Waals surface area (Å²) in [6.45, 7) is 8.04. The third kappa shape index (κ3) is 4.54. The quantitative estimate of drug-likeness (QED) is 0.561. The van der Waals surface area contributed by atoms with E-state index in [1.54, 1.807) is 0 Å². The second kappa shape index (κ2) is 8.63. The Hall–Kier alpha value is -2.24. The molecule has 27 heavy (non-hydrogen) atoms. The molecule has 0 amide bonds. The van der Waals surface area contributed by atoms with Crippen molar-refractivity contribution in [2.45, 2.75) is 39.2 Å². The fraction of sp³-hybridized carbons (Fsp3) is 0.364. The summed E-state index contributed by atoms with van der Waals surface area (Å²) in [4.78, 5) is 23.0. The lowest BCUT2D eigenvalue weighted by atomic mass is 10.0. The Balaban J connectivity index is 2.47. The first-order chi connectivity index (χ1) is 12.7. The molecule has 1 N–H and O–H groups in total. The van der Waals surface area contributed by atoms with Crippen LogP contribution in [0.3, 0.4) is 0 Å². The minimum atomic E-state index is -2.69. The number of carbonyl (C=O) groups excluding carboxylic acids is 1. The van der Waals surface area contributed by atoms with Crippen molar-refractivity contribution >= 4 is 30.4 Å². The van der Waals surface area contributed by atoms with Gasteiger partial charge in [0.25, 0.3) is 8.32 Å². The van der Waals surface area contributed by atoms with E-state index in [1.807, 2.05) is 36.4 Å². The summed E-state index contributed by atoms with van der Waals surface area (Å²) in [6.07, 6.45) is 0.176. The summed E-state index contributed by atoms with van der Waals surface area (Å²) >= 11 is 0. The van der Waals surface area contributed by atoms with Gasteiger partial charge in [0.15, 0.2) is 0 Å². The van der Waals surface area contributed by atoms with Gasteiger partial charge in [-0.15, -0.1) is 0 Å². The lowest BCUT2D eigenvalue weighted by Crippen LogP contribution is -2.66. The highest BCUT2D eigenvalue weighted by Gasteiger charge is 2.50. The first-order valence-corrected chi connectivity index (χ1v) is 11.1. The molecule has 0 spiro atoms. The van der Waals surface area contributed by atoms with E-state index in [0.717, 1.165) is 10.4 Å². The summed E-state index contributed by atoms with van der Waals surface area (Å²) in [5.41, 5.74) is 0. The number of ketones is 1. The number of hydrogen-bond acceptors (Lipinski definition) is 3. The number of carboxylic acids is 1. The van der Waals surface area contributed by atoms with E-state index in [-0.39, 0.29) is 23.8 Å². The zero-order chi connectivity index (χ0) is 20.1. The predicted octanol–water partition coefficient (Wildman–Crippen LogP) is 3.24. The van der Waals surface area contributed by atoms with E-state index < -0.39 is 20.2 Å². The van der Waals surface area contributed by atoms with Crippen molar-refractivity contribution in [2.75, 3.05) is 6.61 Å². The summed E-state index contributed by atoms with van der Waals surface area (Å²) in [5.74, 6) is -2.45. The molecular weight excluding hydrogens is 356 g/mol. The van der Waals surface area contributed by atoms with Crippen molar-refractivity contribution in [2.24, 2.45) is 5.92 Å². The molecular formula is C22H28O4Si. The van der Waals surface area contributed by atoms with E-state index in [4.69, 9.17) is 4.43 Å². The molecule has 2 rings (SSSR count). The van der Waals surface area contributed by atoms with E-state index in [2.05, 4.69) is 45.0 Å². The molecule has 1 unspecified atom stereocenters. The normalized spacial score (nSPS) is 13.2. The number of benzene rings is 2. The van der Waals surface area contributed by atoms with Crippen molar-refractivity contribution < 1.29 is 19.1 Å². The summed E-state index contributed by atoms with van der Waals surface area (Å²) in [6, 6.07) is 20.3. The molecule has 1 atom stereocenters. The maximum absolute atomic E-state index is 11.7. The van der Waals surface area contributed by atoms with Crippen LogP contribution >= 0.6 is 0 Å². The molecule has 0 aromatic heterocycles. The number of aliphatic carboxylic acids is 1. The maximum Gasteiger partial charge on any atom is 0.314 e. The summed E-state index contributed by atoms with van der Waals surface area (Å²) in [5, 5.41) is 11.4. The minimum absolute atomic E-state index is 0.176. The highest BCUT2D eigenvalue weighted by molar-refractivity contribution is 6.99. The number of carbonyl (C=O) groups is 2. The summed E-state index contributed by atoms with van der Waals surface area (Å²) < 4.78 is 6.62. The zero-order valence-corrected chi connectivity index (χ0v) is 17.4. The van der Waals surface area contributed by atoms with Crippen LogP contribution in [-0.2, 0) is 14.0 Å². The second-order valence-corrected chi connectivity index (χ2v) is 12.1. The van der Waals surface area contributed by atoms with Gasteiger partial charge in [-0.05, 0) is 28.8 Å². The fourth-order valence-electron chi connectivity index (χ4n) is 3.59. The average Bonchev–Trinajstić information content (AvgIpc) is 2.61. The van der Waals surface area contributed by atoms with Crippen LogP contribution in [0, 0.1) is 5.92 Å². The van der Waals surface area contributed by atoms with Crippen LogP contribution in [-0.4, -0.2) is 31.8 Å². The van der Waals surface area contributed by atoms with Crippen LogP contribution in [0.5, 0.6) is 0 Å². The smallest absolute Gasteiger partial charge is 0.314 e. The first-order valence-electron chi connectivity index (χ1n) is 9.18. The van der Waals surface area contributed by atoms with Crippen LogP contribution in [0.2, 0.25) is 5.04 Å². The Bertz CT molecular complexity index is 712. The Morgan fingerprint density at radius 2 is 1.41 bits per heavy atom. The van der Waals surface area contributed by atoms with Crippen LogP contribution in [0.1, 0.15) is 34.1 Å². The molecule has 0 aliphatic rings. The van der Waals surface area contributed by atoms with Crippen molar-refractivity contribution in [1.82, 2.24) is 0 Å². The molecule has 0 aliphatic carbocycles. The second-order valence-electron chi connectivity index (χ2n) is 7.80. The molecule has 0 fully saturated rings. The van der Waals surface area contributed by atoms with Crippen LogP contribution < -0.4 is 10.4 Å². The molecule has 0 aliphatic heterocycles. The van der Waals surface area contributed by atoms with E-state index in [0.29, 0.717) is 0 Å². The lowest BCUT2D eigenvalue weighted by molar-refractivity contribution is -0.146. The molecule has 0 heterocycles. The van der Waals surface area contributed by atoms with E-state index in [1.165, 1.54) is 6.92 Å². The van der Waals surface area contributed by atoms with Crippen molar-refractivity contribution in [3.8, 4) is 0 Å². The van der Waals surface area contributed by atoms with Crippen LogP contribution in [0.25, 0.3) is 0 Å². The first kappa shape index (κ1) is 21.1. The lowest BCUT2D eigenvalue weighted by Gasteiger charge is -2.43. The molecule has 144 valence electrons. The molecule has 0 saturated heterocycles. The third-order valence-electron chi connectivity index (χ3n) is 4.93. The van der Waals surface area contributed by atoms with Gasteiger partial charge in [0.2, 0.25) is 0 Å². The Morgan fingerprint density at radius 3 is 1.74 bits per heavy atom. The Labute approximate surface area is 162 Å². The number of hydrogen-bond donors (Lipinski definition) is 1. The van der Waals surface area contributed by atoms with Gasteiger partial charge in [-0.25, -0.2) is 0 Å². The van der Waals surface area contributed by atoms with Gasteiger partial charge in [0.05, 0.1) is 0 Å². The predicted molar refractivity (Wildman–Crippen MR) is 110 cm³/mol. The van der Waals surface area contributed by atoms with Gasteiger partial charge >= 0.3 is 5.97 Å². The van der Waals surface area contributed by atoms with Crippen molar-refractivity contribution in [3.63, 3.8) is 0 Å². The minimum Gasteiger partial charge on any atom is -0.481 e. The van der Waals surface area contributed by atoms with Crippen molar-refractivity contribution in [3.05, 3.63) is 60.7 Å². The maximum atomic E-state index is 11.7. The average molecular weight is 385 g/mol. The van der Waals surface area contributed by atoms with E-state index >= 15 is 0 Å². The van der Waals surface area contributed by atoms with Gasteiger partial charge in [0.1, 0.15) is 11.7 Å². The topological polar surface area (TPSA) is 63.6 Å². The van der Waals surface area contributed by atoms with Gasteiger partial charge in [0, 0.05) is 6.61 Å².